The number of aromatic nitrogens is 2. The van der Waals surface area contributed by atoms with E-state index in [1.54, 1.807) is 10.7 Å². The number of carboxylic acids is 1. The molecule has 0 aliphatic heterocycles. The van der Waals surface area contributed by atoms with E-state index in [0.717, 1.165) is 11.3 Å². The van der Waals surface area contributed by atoms with Crippen molar-refractivity contribution in [3.8, 4) is 5.69 Å². The first-order chi connectivity index (χ1) is 12.0. The summed E-state index contributed by atoms with van der Waals surface area (Å²) in [5.41, 5.74) is 3.38. The first-order valence-corrected chi connectivity index (χ1v) is 7.72. The molecule has 3 rings (SSSR count). The largest absolute Gasteiger partial charge is 0.478 e. The highest BCUT2D eigenvalue weighted by Crippen LogP contribution is 2.20. The van der Waals surface area contributed by atoms with Gasteiger partial charge in [-0.1, -0.05) is 24.3 Å². The highest BCUT2D eigenvalue weighted by Gasteiger charge is 2.16. The Morgan fingerprint density at radius 2 is 1.80 bits per heavy atom. The van der Waals surface area contributed by atoms with Gasteiger partial charge in [-0.15, -0.1) is 0 Å². The van der Waals surface area contributed by atoms with Gasteiger partial charge in [0.05, 0.1) is 28.7 Å². The number of benzene rings is 2. The average Bonchev–Trinajstić information content (AvgIpc) is 2.99. The third-order valence-corrected chi connectivity index (χ3v) is 3.99. The van der Waals surface area contributed by atoms with Crippen molar-refractivity contribution in [2.24, 2.45) is 0 Å². The number of rotatable bonds is 4. The molecular formula is C19H17N3O3. The van der Waals surface area contributed by atoms with E-state index in [4.69, 9.17) is 5.11 Å². The molecule has 0 atom stereocenters. The standard InChI is InChI=1S/C19H17N3O3/c1-12-8-9-14(19(24)25)10-17(12)21-18(23)16-11-20-22(13(16)2)15-6-4-3-5-7-15/h3-11H,1-2H3,(H,21,23)(H,24,25). The number of amides is 1. The van der Waals surface area contributed by atoms with Gasteiger partial charge in [-0.2, -0.15) is 5.10 Å². The van der Waals surface area contributed by atoms with Crippen LogP contribution >= 0.6 is 0 Å². The van der Waals surface area contributed by atoms with Gasteiger partial charge in [0.25, 0.3) is 5.91 Å². The molecule has 0 unspecified atom stereocenters. The van der Waals surface area contributed by atoms with E-state index < -0.39 is 5.97 Å². The van der Waals surface area contributed by atoms with Crippen LogP contribution in [0.5, 0.6) is 0 Å². The van der Waals surface area contributed by atoms with Gasteiger partial charge >= 0.3 is 5.97 Å². The van der Waals surface area contributed by atoms with E-state index in [9.17, 15) is 9.59 Å². The van der Waals surface area contributed by atoms with Crippen molar-refractivity contribution in [1.29, 1.82) is 0 Å². The average molecular weight is 335 g/mol. The van der Waals surface area contributed by atoms with Crippen molar-refractivity contribution in [3.63, 3.8) is 0 Å². The SMILES string of the molecule is Cc1ccc(C(=O)O)cc1NC(=O)c1cnn(-c2ccccc2)c1C. The number of anilines is 1. The minimum atomic E-state index is -1.04. The number of hydrogen-bond acceptors (Lipinski definition) is 3. The van der Waals surface area contributed by atoms with Gasteiger partial charge in [0, 0.05) is 5.69 Å². The Kier molecular flexibility index (Phi) is 4.35. The number of hydrogen-bond donors (Lipinski definition) is 2. The van der Waals surface area contributed by atoms with E-state index in [2.05, 4.69) is 10.4 Å². The molecule has 0 bridgehead atoms. The molecule has 0 aliphatic carbocycles. The van der Waals surface area contributed by atoms with Crippen molar-refractivity contribution in [1.82, 2.24) is 9.78 Å². The third-order valence-electron chi connectivity index (χ3n) is 3.99. The van der Waals surface area contributed by atoms with E-state index in [1.807, 2.05) is 44.2 Å². The van der Waals surface area contributed by atoms with Gasteiger partial charge in [-0.05, 0) is 43.7 Å². The summed E-state index contributed by atoms with van der Waals surface area (Å²) in [6, 6.07) is 14.1. The number of nitrogens with zero attached hydrogens (tertiary/aromatic N) is 2. The minimum Gasteiger partial charge on any atom is -0.478 e. The fraction of sp³-hybridized carbons (Fsp3) is 0.105. The number of aromatic carboxylic acids is 1. The van der Waals surface area contributed by atoms with Crippen LogP contribution in [0.15, 0.2) is 54.7 Å². The van der Waals surface area contributed by atoms with E-state index in [0.29, 0.717) is 16.9 Å². The maximum Gasteiger partial charge on any atom is 0.335 e. The summed E-state index contributed by atoms with van der Waals surface area (Å²) in [7, 11) is 0. The minimum absolute atomic E-state index is 0.123. The number of para-hydroxylation sites is 1. The molecule has 126 valence electrons. The Labute approximate surface area is 144 Å². The van der Waals surface area contributed by atoms with Crippen LogP contribution in [0.1, 0.15) is 32.0 Å². The second-order valence-electron chi connectivity index (χ2n) is 5.68. The molecule has 2 aromatic carbocycles. The molecule has 0 saturated carbocycles. The molecule has 0 radical (unpaired) electrons. The lowest BCUT2D eigenvalue weighted by molar-refractivity contribution is 0.0696. The third kappa shape index (κ3) is 3.28. The smallest absolute Gasteiger partial charge is 0.335 e. The second-order valence-corrected chi connectivity index (χ2v) is 5.68. The molecular weight excluding hydrogens is 318 g/mol. The Balaban J connectivity index is 1.89. The lowest BCUT2D eigenvalue weighted by Gasteiger charge is -2.09. The lowest BCUT2D eigenvalue weighted by atomic mass is 10.1. The van der Waals surface area contributed by atoms with Gasteiger partial charge in [-0.3, -0.25) is 4.79 Å². The maximum atomic E-state index is 12.6. The van der Waals surface area contributed by atoms with Crippen molar-refractivity contribution in [2.75, 3.05) is 5.32 Å². The van der Waals surface area contributed by atoms with Gasteiger partial charge in [0.2, 0.25) is 0 Å². The van der Waals surface area contributed by atoms with Crippen LogP contribution in [0.2, 0.25) is 0 Å². The maximum absolute atomic E-state index is 12.6. The van der Waals surface area contributed by atoms with E-state index in [1.165, 1.54) is 18.3 Å². The number of nitrogens with one attached hydrogen (secondary N) is 1. The van der Waals surface area contributed by atoms with Crippen molar-refractivity contribution in [2.45, 2.75) is 13.8 Å². The van der Waals surface area contributed by atoms with Gasteiger partial charge in [-0.25, -0.2) is 9.48 Å². The van der Waals surface area contributed by atoms with Crippen LogP contribution in [0.3, 0.4) is 0 Å². The van der Waals surface area contributed by atoms with Crippen molar-refractivity contribution < 1.29 is 14.7 Å². The van der Waals surface area contributed by atoms with E-state index in [-0.39, 0.29) is 11.5 Å². The molecule has 25 heavy (non-hydrogen) atoms. The molecule has 3 aromatic rings. The molecule has 6 heteroatoms. The molecule has 2 N–H and O–H groups in total. The van der Waals surface area contributed by atoms with Crippen LogP contribution in [-0.4, -0.2) is 26.8 Å². The monoisotopic (exact) mass is 335 g/mol. The summed E-state index contributed by atoms with van der Waals surface area (Å²) >= 11 is 0. The number of aryl methyl sites for hydroxylation is 1. The highest BCUT2D eigenvalue weighted by molar-refractivity contribution is 6.05. The molecule has 0 spiro atoms. The summed E-state index contributed by atoms with van der Waals surface area (Å²) in [6.45, 7) is 3.62. The van der Waals surface area contributed by atoms with Crippen LogP contribution in [0, 0.1) is 13.8 Å². The van der Waals surface area contributed by atoms with Crippen molar-refractivity contribution in [3.05, 3.63) is 77.1 Å². The molecule has 6 nitrogen and oxygen atoms in total. The molecule has 0 saturated heterocycles. The molecule has 1 aromatic heterocycles. The summed E-state index contributed by atoms with van der Waals surface area (Å²) in [4.78, 5) is 23.7. The van der Waals surface area contributed by atoms with E-state index >= 15 is 0 Å². The fourth-order valence-electron chi connectivity index (χ4n) is 2.54. The zero-order chi connectivity index (χ0) is 18.0. The van der Waals surface area contributed by atoms with Crippen LogP contribution in [-0.2, 0) is 0 Å². The predicted molar refractivity (Wildman–Crippen MR) is 94.4 cm³/mol. The number of carbonyl (C=O) groups is 2. The van der Waals surface area contributed by atoms with Crippen molar-refractivity contribution >= 4 is 17.6 Å². The number of carboxylic acid groups (broad SMARTS) is 1. The van der Waals surface area contributed by atoms with Crippen LogP contribution in [0.25, 0.3) is 5.69 Å². The van der Waals surface area contributed by atoms with Gasteiger partial charge in [0.1, 0.15) is 0 Å². The zero-order valence-corrected chi connectivity index (χ0v) is 13.9. The number of carbonyl (C=O) groups excluding carboxylic acids is 1. The molecule has 0 aliphatic rings. The quantitative estimate of drug-likeness (QED) is 0.765. The van der Waals surface area contributed by atoms with Crippen LogP contribution in [0.4, 0.5) is 5.69 Å². The normalized spacial score (nSPS) is 10.5. The first kappa shape index (κ1) is 16.4. The summed E-state index contributed by atoms with van der Waals surface area (Å²) in [5, 5.41) is 16.1. The molecule has 1 amide bonds. The Morgan fingerprint density at radius 1 is 1.08 bits per heavy atom. The predicted octanol–water partition coefficient (Wildman–Crippen LogP) is 3.44. The molecule has 0 fully saturated rings. The summed E-state index contributed by atoms with van der Waals surface area (Å²) < 4.78 is 1.69. The highest BCUT2D eigenvalue weighted by atomic mass is 16.4. The van der Waals surface area contributed by atoms with Crippen LogP contribution < -0.4 is 5.32 Å². The summed E-state index contributed by atoms with van der Waals surface area (Å²) in [5.74, 6) is -1.37. The fourth-order valence-corrected chi connectivity index (χ4v) is 2.54. The lowest BCUT2D eigenvalue weighted by Crippen LogP contribution is -2.14. The Hall–Kier alpha value is -3.41. The zero-order valence-electron chi connectivity index (χ0n) is 13.9. The summed E-state index contributed by atoms with van der Waals surface area (Å²) in [6.07, 6.45) is 1.51. The molecule has 1 heterocycles. The Morgan fingerprint density at radius 3 is 2.48 bits per heavy atom. The first-order valence-electron chi connectivity index (χ1n) is 7.72. The van der Waals surface area contributed by atoms with Gasteiger partial charge < -0.3 is 10.4 Å². The second kappa shape index (κ2) is 6.60. The topological polar surface area (TPSA) is 84.2 Å². The van der Waals surface area contributed by atoms with Gasteiger partial charge in [0.15, 0.2) is 0 Å². The Bertz CT molecular complexity index is 946.